The van der Waals surface area contributed by atoms with Crippen LogP contribution in [-0.4, -0.2) is 103 Å². The maximum absolute atomic E-state index is 10.7. The summed E-state index contributed by atoms with van der Waals surface area (Å²) in [7, 11) is 1.34. The molecule has 0 atom stereocenters. The van der Waals surface area contributed by atoms with Crippen molar-refractivity contribution in [2.75, 3.05) is 24.0 Å². The first kappa shape index (κ1) is 29.7. The van der Waals surface area contributed by atoms with Gasteiger partial charge in [-0.1, -0.05) is 35.0 Å². The normalized spacial score (nSPS) is 10.1. The average Bonchev–Trinajstić information content (AvgIpc) is 2.62. The zero-order valence-electron chi connectivity index (χ0n) is 17.1. The summed E-state index contributed by atoms with van der Waals surface area (Å²) in [5.41, 5.74) is -0.114. The number of anilines is 2. The van der Waals surface area contributed by atoms with E-state index in [4.69, 9.17) is 33.0 Å². The third-order valence-electron chi connectivity index (χ3n) is 3.11. The van der Waals surface area contributed by atoms with Crippen molar-refractivity contribution in [3.8, 4) is 5.75 Å². The number of benzene rings is 1. The van der Waals surface area contributed by atoms with Crippen LogP contribution >= 0.6 is 35.0 Å². The van der Waals surface area contributed by atoms with Gasteiger partial charge in [-0.05, 0) is 46.1 Å². The molecule has 8 nitrogen and oxygen atoms in total. The molecule has 0 unspecified atom stereocenters. The van der Waals surface area contributed by atoms with E-state index >= 15 is 0 Å². The van der Waals surface area contributed by atoms with Crippen molar-refractivity contribution in [2.24, 2.45) is 0 Å². The molecule has 0 spiro atoms. The predicted molar refractivity (Wildman–Crippen MR) is 126 cm³/mol. The Kier molecular flexibility index (Phi) is 14.5. The second kappa shape index (κ2) is 14.7. The molecule has 12 heteroatoms. The molecular weight excluding hydrogens is 476 g/mol. The molecule has 0 aliphatic rings. The number of carboxylic acid groups (broad SMARTS) is 1. The van der Waals surface area contributed by atoms with E-state index in [9.17, 15) is 4.79 Å². The molecule has 0 aliphatic carbocycles. The van der Waals surface area contributed by atoms with Gasteiger partial charge in [-0.15, -0.1) is 0 Å². The van der Waals surface area contributed by atoms with Gasteiger partial charge in [0.15, 0.2) is 10.9 Å². The van der Waals surface area contributed by atoms with Gasteiger partial charge < -0.3 is 20.5 Å². The Labute approximate surface area is 233 Å². The SMILES string of the molecule is COc1c(Cl)ccc(Cl)c1C(=O)O.CSc1nc(NC(C)C)nc(NC(C)C)n1.[KH]. The fourth-order valence-corrected chi connectivity index (χ4v) is 2.85. The van der Waals surface area contributed by atoms with Crippen molar-refractivity contribution in [1.82, 2.24) is 15.0 Å². The molecule has 2 rings (SSSR count). The maximum atomic E-state index is 10.7. The molecule has 0 amide bonds. The van der Waals surface area contributed by atoms with E-state index in [1.807, 2.05) is 6.26 Å². The Hall–Kier alpha value is -0.334. The van der Waals surface area contributed by atoms with Gasteiger partial charge in [-0.2, -0.15) is 15.0 Å². The number of aromatic carboxylic acids is 1. The topological polar surface area (TPSA) is 109 Å². The Morgan fingerprint density at radius 2 is 1.50 bits per heavy atom. The number of methoxy groups -OCH3 is 1. The second-order valence-corrected chi connectivity index (χ2v) is 7.90. The van der Waals surface area contributed by atoms with Gasteiger partial charge in [-0.25, -0.2) is 4.79 Å². The van der Waals surface area contributed by atoms with Gasteiger partial charge in [0.05, 0.1) is 17.2 Å². The van der Waals surface area contributed by atoms with E-state index in [0.29, 0.717) is 24.0 Å². The molecule has 2 aromatic rings. The summed E-state index contributed by atoms with van der Waals surface area (Å²) >= 11 is 12.9. The zero-order valence-corrected chi connectivity index (χ0v) is 19.4. The number of nitrogens with one attached hydrogen (secondary N) is 2. The molecule has 0 radical (unpaired) electrons. The van der Waals surface area contributed by atoms with E-state index < -0.39 is 5.97 Å². The van der Waals surface area contributed by atoms with Crippen LogP contribution in [0.15, 0.2) is 17.3 Å². The van der Waals surface area contributed by atoms with E-state index in [1.165, 1.54) is 31.0 Å². The average molecular weight is 503 g/mol. The fraction of sp³-hybridized carbons (Fsp3) is 0.444. The van der Waals surface area contributed by atoms with Gasteiger partial charge in [0.25, 0.3) is 0 Å². The number of thioether (sulfide) groups is 1. The number of carbonyl (C=O) groups is 1. The number of halogens is 2. The van der Waals surface area contributed by atoms with Gasteiger partial charge in [0, 0.05) is 12.1 Å². The predicted octanol–water partition coefficient (Wildman–Crippen LogP) is 4.29. The number of ether oxygens (including phenoxy) is 1. The summed E-state index contributed by atoms with van der Waals surface area (Å²) in [6, 6.07) is 3.51. The summed E-state index contributed by atoms with van der Waals surface area (Å²) in [5, 5.41) is 16.2. The zero-order chi connectivity index (χ0) is 22.1. The molecular formula is C18H26Cl2KN5O3S. The van der Waals surface area contributed by atoms with Crippen LogP contribution in [0.25, 0.3) is 0 Å². The molecule has 0 saturated heterocycles. The monoisotopic (exact) mass is 501 g/mol. The van der Waals surface area contributed by atoms with Gasteiger partial charge in [0.2, 0.25) is 11.9 Å². The first-order chi connectivity index (χ1) is 13.6. The molecule has 30 heavy (non-hydrogen) atoms. The summed E-state index contributed by atoms with van der Waals surface area (Å²) < 4.78 is 4.82. The molecule has 0 bridgehead atoms. The van der Waals surface area contributed by atoms with Crippen LogP contribution in [0.1, 0.15) is 38.1 Å². The first-order valence-electron chi connectivity index (χ1n) is 8.67. The van der Waals surface area contributed by atoms with E-state index in [0.717, 1.165) is 5.16 Å². The molecule has 0 aliphatic heterocycles. The Bertz CT molecular complexity index is 815. The number of nitrogens with zero attached hydrogens (tertiary/aromatic N) is 3. The van der Waals surface area contributed by atoms with Crippen LogP contribution in [0.2, 0.25) is 10.0 Å². The molecule has 1 aromatic carbocycles. The molecule has 0 saturated carbocycles. The number of rotatable bonds is 7. The number of carboxylic acids is 1. The van der Waals surface area contributed by atoms with Crippen LogP contribution < -0.4 is 15.4 Å². The summed E-state index contributed by atoms with van der Waals surface area (Å²) in [6.45, 7) is 8.21. The summed E-state index contributed by atoms with van der Waals surface area (Å²) in [4.78, 5) is 23.6. The summed E-state index contributed by atoms with van der Waals surface area (Å²) in [6.07, 6.45) is 1.95. The standard InChI is InChI=1S/C10H19N5S.C8H6Cl2O3.K.H/c1-6(2)11-8-13-9(12-7(3)4)15-10(14-8)16-5;1-13-7-5(10)3-2-4(9)6(7)8(11)12;;/h6-7H,1-5H3,(H2,11,12,13,14,15);2-3H,1H3,(H,11,12);;. The van der Waals surface area contributed by atoms with Gasteiger partial charge >= 0.3 is 57.4 Å². The molecule has 1 heterocycles. The molecule has 162 valence electrons. The van der Waals surface area contributed by atoms with Crippen molar-refractivity contribution < 1.29 is 14.6 Å². The van der Waals surface area contributed by atoms with Crippen LogP contribution in [0.5, 0.6) is 5.75 Å². The minimum atomic E-state index is -1.16. The minimum absolute atomic E-state index is 0. The van der Waals surface area contributed by atoms with E-state index in [-0.39, 0.29) is 72.7 Å². The third-order valence-corrected chi connectivity index (χ3v) is 4.27. The second-order valence-electron chi connectivity index (χ2n) is 6.31. The third kappa shape index (κ3) is 9.86. The molecule has 0 fully saturated rings. The summed E-state index contributed by atoms with van der Waals surface area (Å²) in [5.74, 6) is 0.168. The van der Waals surface area contributed by atoms with Crippen molar-refractivity contribution >= 4 is 104 Å². The number of hydrogen-bond donors (Lipinski definition) is 3. The van der Waals surface area contributed by atoms with Crippen molar-refractivity contribution in [1.29, 1.82) is 0 Å². The number of aromatic nitrogens is 3. The van der Waals surface area contributed by atoms with E-state index in [1.54, 1.807) is 0 Å². The Balaban J connectivity index is 0.000000553. The van der Waals surface area contributed by atoms with Crippen LogP contribution in [0.4, 0.5) is 11.9 Å². The first-order valence-corrected chi connectivity index (χ1v) is 10.7. The fourth-order valence-electron chi connectivity index (χ4n) is 2.03. The van der Waals surface area contributed by atoms with Crippen LogP contribution in [0.3, 0.4) is 0 Å². The van der Waals surface area contributed by atoms with Crippen LogP contribution in [0, 0.1) is 0 Å². The number of hydrogen-bond acceptors (Lipinski definition) is 8. The van der Waals surface area contributed by atoms with Gasteiger partial charge in [0.1, 0.15) is 5.56 Å². The van der Waals surface area contributed by atoms with Gasteiger partial charge in [-0.3, -0.25) is 0 Å². The van der Waals surface area contributed by atoms with Crippen molar-refractivity contribution in [2.45, 2.75) is 44.9 Å². The quantitative estimate of drug-likeness (QED) is 0.377. The molecule has 3 N–H and O–H groups in total. The molecule has 1 aromatic heterocycles. The Morgan fingerprint density at radius 3 is 1.83 bits per heavy atom. The van der Waals surface area contributed by atoms with Crippen LogP contribution in [-0.2, 0) is 0 Å². The van der Waals surface area contributed by atoms with Crippen molar-refractivity contribution in [3.63, 3.8) is 0 Å². The van der Waals surface area contributed by atoms with Crippen molar-refractivity contribution in [3.05, 3.63) is 27.7 Å². The Morgan fingerprint density at radius 1 is 1.03 bits per heavy atom. The van der Waals surface area contributed by atoms with E-state index in [2.05, 4.69) is 53.3 Å².